The molecule has 1 aliphatic rings. The molecule has 1 fully saturated rings. The summed E-state index contributed by atoms with van der Waals surface area (Å²) in [4.78, 5) is 32.0. The number of nitrogens with zero attached hydrogens (tertiary/aromatic N) is 3. The van der Waals surface area contributed by atoms with Crippen molar-refractivity contribution in [1.82, 2.24) is 25.8 Å². The van der Waals surface area contributed by atoms with Crippen LogP contribution in [0.3, 0.4) is 0 Å². The van der Waals surface area contributed by atoms with Gasteiger partial charge in [-0.1, -0.05) is 0 Å². The van der Waals surface area contributed by atoms with Gasteiger partial charge in [0.1, 0.15) is 6.54 Å². The molecule has 1 aliphatic heterocycles. The number of morpholine rings is 1. The van der Waals surface area contributed by atoms with Crippen LogP contribution in [-0.4, -0.2) is 101 Å². The number of amides is 2. The largest absolute Gasteiger partial charge is 0.379 e. The molecule has 0 aromatic carbocycles. The third kappa shape index (κ3) is 9.05. The van der Waals surface area contributed by atoms with Crippen LogP contribution in [-0.2, 0) is 14.3 Å². The fourth-order valence-corrected chi connectivity index (χ4v) is 2.52. The van der Waals surface area contributed by atoms with E-state index in [0.717, 1.165) is 45.8 Å². The second-order valence-corrected chi connectivity index (χ2v) is 7.50. The van der Waals surface area contributed by atoms with E-state index in [4.69, 9.17) is 4.74 Å². The first-order valence-corrected chi connectivity index (χ1v) is 9.51. The highest BCUT2D eigenvalue weighted by Gasteiger charge is 2.26. The highest BCUT2D eigenvalue weighted by atomic mass is 16.5. The smallest absolute Gasteiger partial charge is 0.243 e. The molecule has 0 atom stereocenters. The standard InChI is InChI=1S/C18H36N6O3/c1-18(2,16(26)19-3)14-22-17(21-13-15(25)23(4)5)20-7-6-8-24-9-11-27-12-10-24/h6-14H2,1-5H3,(H,19,26)(H2,20,21,22). The average Bonchev–Trinajstić information content (AvgIpc) is 2.66. The first-order valence-electron chi connectivity index (χ1n) is 9.51. The van der Waals surface area contributed by atoms with E-state index in [1.54, 1.807) is 21.1 Å². The van der Waals surface area contributed by atoms with Gasteiger partial charge in [-0.05, 0) is 26.8 Å². The lowest BCUT2D eigenvalue weighted by molar-refractivity contribution is -0.128. The van der Waals surface area contributed by atoms with E-state index in [2.05, 4.69) is 25.8 Å². The highest BCUT2D eigenvalue weighted by Crippen LogP contribution is 2.12. The Balaban J connectivity index is 2.52. The lowest BCUT2D eigenvalue weighted by Gasteiger charge is -2.27. The molecule has 0 aromatic heterocycles. The Labute approximate surface area is 162 Å². The topological polar surface area (TPSA) is 98.3 Å². The minimum atomic E-state index is -0.587. The van der Waals surface area contributed by atoms with Crippen molar-refractivity contribution < 1.29 is 14.3 Å². The van der Waals surface area contributed by atoms with E-state index in [9.17, 15) is 9.59 Å². The van der Waals surface area contributed by atoms with Crippen LogP contribution in [0, 0.1) is 5.41 Å². The molecular weight excluding hydrogens is 348 g/mol. The number of guanidine groups is 1. The number of carbonyl (C=O) groups is 2. The van der Waals surface area contributed by atoms with Gasteiger partial charge in [-0.15, -0.1) is 0 Å². The van der Waals surface area contributed by atoms with Crippen LogP contribution in [0.15, 0.2) is 4.99 Å². The van der Waals surface area contributed by atoms with Crippen LogP contribution in [0.4, 0.5) is 0 Å². The molecule has 0 aliphatic carbocycles. The highest BCUT2D eigenvalue weighted by molar-refractivity contribution is 5.86. The minimum absolute atomic E-state index is 0.0500. The van der Waals surface area contributed by atoms with Gasteiger partial charge in [-0.25, -0.2) is 4.99 Å². The molecule has 0 radical (unpaired) electrons. The lowest BCUT2D eigenvalue weighted by Crippen LogP contribution is -2.48. The van der Waals surface area contributed by atoms with Crippen LogP contribution in [0.5, 0.6) is 0 Å². The quantitative estimate of drug-likeness (QED) is 0.271. The van der Waals surface area contributed by atoms with Crippen LogP contribution in [0.2, 0.25) is 0 Å². The lowest BCUT2D eigenvalue weighted by atomic mass is 9.92. The first-order chi connectivity index (χ1) is 12.8. The van der Waals surface area contributed by atoms with Crippen molar-refractivity contribution in [3.05, 3.63) is 0 Å². The number of nitrogens with one attached hydrogen (secondary N) is 3. The number of hydrogen-bond acceptors (Lipinski definition) is 5. The van der Waals surface area contributed by atoms with Gasteiger partial charge in [0.25, 0.3) is 0 Å². The summed E-state index contributed by atoms with van der Waals surface area (Å²) >= 11 is 0. The molecule has 1 heterocycles. The van der Waals surface area contributed by atoms with E-state index < -0.39 is 5.41 Å². The summed E-state index contributed by atoms with van der Waals surface area (Å²) in [6.45, 7) is 9.45. The van der Waals surface area contributed by atoms with Crippen LogP contribution >= 0.6 is 0 Å². The molecule has 1 rings (SSSR count). The molecular formula is C18H36N6O3. The predicted molar refractivity (Wildman–Crippen MR) is 107 cm³/mol. The molecule has 0 bridgehead atoms. The Morgan fingerprint density at radius 3 is 2.44 bits per heavy atom. The second kappa shape index (κ2) is 11.8. The monoisotopic (exact) mass is 384 g/mol. The SMILES string of the molecule is CNC(=O)C(C)(C)CNC(=NCC(=O)N(C)C)NCCCN1CCOCC1. The molecule has 0 spiro atoms. The van der Waals surface area contributed by atoms with Gasteiger partial charge >= 0.3 is 0 Å². The van der Waals surface area contributed by atoms with Crippen molar-refractivity contribution in [1.29, 1.82) is 0 Å². The van der Waals surface area contributed by atoms with Crippen LogP contribution in [0.25, 0.3) is 0 Å². The number of ether oxygens (including phenoxy) is 1. The number of hydrogen-bond donors (Lipinski definition) is 3. The van der Waals surface area contributed by atoms with E-state index in [-0.39, 0.29) is 18.4 Å². The maximum atomic E-state index is 11.9. The van der Waals surface area contributed by atoms with Crippen molar-refractivity contribution in [2.24, 2.45) is 10.4 Å². The number of rotatable bonds is 9. The summed E-state index contributed by atoms with van der Waals surface area (Å²) in [6, 6.07) is 0. The Hall–Kier alpha value is -1.87. The van der Waals surface area contributed by atoms with Gasteiger partial charge in [0.2, 0.25) is 11.8 Å². The number of likely N-dealkylation sites (N-methyl/N-ethyl adjacent to an activating group) is 1. The molecule has 156 valence electrons. The first kappa shape index (κ1) is 23.2. The van der Waals surface area contributed by atoms with Crippen molar-refractivity contribution in [2.45, 2.75) is 20.3 Å². The van der Waals surface area contributed by atoms with Crippen molar-refractivity contribution in [3.63, 3.8) is 0 Å². The Morgan fingerprint density at radius 1 is 1.19 bits per heavy atom. The summed E-state index contributed by atoms with van der Waals surface area (Å²) in [5.74, 6) is 0.421. The molecule has 0 unspecified atom stereocenters. The fourth-order valence-electron chi connectivity index (χ4n) is 2.52. The molecule has 9 heteroatoms. The Morgan fingerprint density at radius 2 is 1.85 bits per heavy atom. The van der Waals surface area contributed by atoms with E-state index in [1.165, 1.54) is 4.90 Å². The molecule has 0 saturated carbocycles. The van der Waals surface area contributed by atoms with E-state index in [0.29, 0.717) is 12.5 Å². The Bertz CT molecular complexity index is 501. The van der Waals surface area contributed by atoms with E-state index in [1.807, 2.05) is 13.8 Å². The fraction of sp³-hybridized carbons (Fsp3) is 0.833. The second-order valence-electron chi connectivity index (χ2n) is 7.50. The zero-order chi connectivity index (χ0) is 20.3. The third-order valence-corrected chi connectivity index (χ3v) is 4.46. The summed E-state index contributed by atoms with van der Waals surface area (Å²) < 4.78 is 5.36. The average molecular weight is 385 g/mol. The van der Waals surface area contributed by atoms with Crippen molar-refractivity contribution >= 4 is 17.8 Å². The summed E-state index contributed by atoms with van der Waals surface area (Å²) in [7, 11) is 5.03. The van der Waals surface area contributed by atoms with Crippen LogP contribution in [0.1, 0.15) is 20.3 Å². The van der Waals surface area contributed by atoms with Crippen LogP contribution < -0.4 is 16.0 Å². The number of aliphatic imine (C=N–C) groups is 1. The molecule has 3 N–H and O–H groups in total. The zero-order valence-corrected chi connectivity index (χ0v) is 17.4. The summed E-state index contributed by atoms with van der Waals surface area (Å²) in [5.41, 5.74) is -0.587. The zero-order valence-electron chi connectivity index (χ0n) is 17.4. The van der Waals surface area contributed by atoms with Gasteiger partial charge in [-0.2, -0.15) is 0 Å². The van der Waals surface area contributed by atoms with Crippen molar-refractivity contribution in [3.8, 4) is 0 Å². The summed E-state index contributed by atoms with van der Waals surface area (Å²) in [5, 5.41) is 9.11. The third-order valence-electron chi connectivity index (χ3n) is 4.46. The van der Waals surface area contributed by atoms with Gasteiger partial charge in [0.15, 0.2) is 5.96 Å². The van der Waals surface area contributed by atoms with Gasteiger partial charge in [0, 0.05) is 47.3 Å². The molecule has 27 heavy (non-hydrogen) atoms. The maximum Gasteiger partial charge on any atom is 0.243 e. The normalized spacial score (nSPS) is 16.0. The van der Waals surface area contributed by atoms with E-state index >= 15 is 0 Å². The van der Waals surface area contributed by atoms with Gasteiger partial charge < -0.3 is 25.6 Å². The summed E-state index contributed by atoms with van der Waals surface area (Å²) in [6.07, 6.45) is 0.959. The van der Waals surface area contributed by atoms with Crippen molar-refractivity contribution in [2.75, 3.05) is 73.6 Å². The van der Waals surface area contributed by atoms with Gasteiger partial charge in [-0.3, -0.25) is 14.5 Å². The molecule has 9 nitrogen and oxygen atoms in total. The minimum Gasteiger partial charge on any atom is -0.379 e. The maximum absolute atomic E-state index is 11.9. The molecule has 1 saturated heterocycles. The molecule has 0 aromatic rings. The van der Waals surface area contributed by atoms with Gasteiger partial charge in [0.05, 0.1) is 18.6 Å². The predicted octanol–water partition coefficient (Wildman–Crippen LogP) is -0.896. The molecule has 2 amide bonds. The Kier molecular flexibility index (Phi) is 10.1. The number of carbonyl (C=O) groups excluding carboxylic acids is 2.